The standard InChI is InChI=1S/C27H36F2N6O4/c1-15(2)13-34-24-20(17(4)31-35(24)26(39)22(25(34)38)23(37)30-18-5-6-18)7-8-21(36)33-10-9-32(14-16(33)3)19-11-27(28,29)12-19/h7-8,15-16,18-19,39H,5-6,9-14H2,1-4H3,(H,30,37). The number of piperazine rings is 1. The first-order valence-corrected chi connectivity index (χ1v) is 13.6. The van der Waals surface area contributed by atoms with Gasteiger partial charge in [0.05, 0.1) is 5.69 Å². The van der Waals surface area contributed by atoms with Gasteiger partial charge < -0.3 is 15.3 Å². The second-order valence-electron chi connectivity index (χ2n) is 11.6. The molecule has 0 aromatic carbocycles. The van der Waals surface area contributed by atoms with Gasteiger partial charge in [-0.15, -0.1) is 0 Å². The molecule has 0 radical (unpaired) electrons. The van der Waals surface area contributed by atoms with Gasteiger partial charge in [-0.05, 0) is 38.7 Å². The van der Waals surface area contributed by atoms with Crippen molar-refractivity contribution in [3.8, 4) is 5.88 Å². The summed E-state index contributed by atoms with van der Waals surface area (Å²) < 4.78 is 29.3. The van der Waals surface area contributed by atoms with Crippen molar-refractivity contribution in [1.82, 2.24) is 29.3 Å². The van der Waals surface area contributed by atoms with Crippen molar-refractivity contribution in [3.63, 3.8) is 0 Å². The van der Waals surface area contributed by atoms with Gasteiger partial charge in [0, 0.05) is 68.8 Å². The number of carbonyl (C=O) groups is 2. The second-order valence-corrected chi connectivity index (χ2v) is 11.6. The lowest BCUT2D eigenvalue weighted by Crippen LogP contribution is -2.60. The van der Waals surface area contributed by atoms with Crippen LogP contribution in [0, 0.1) is 12.8 Å². The minimum atomic E-state index is -2.58. The first kappa shape index (κ1) is 27.3. The first-order chi connectivity index (χ1) is 18.4. The highest BCUT2D eigenvalue weighted by Crippen LogP contribution is 2.41. The number of hydrogen-bond donors (Lipinski definition) is 2. The summed E-state index contributed by atoms with van der Waals surface area (Å²) in [5.41, 5.74) is 0.321. The third kappa shape index (κ3) is 5.30. The minimum Gasteiger partial charge on any atom is -0.492 e. The molecule has 1 unspecified atom stereocenters. The molecule has 2 aliphatic carbocycles. The molecule has 0 spiro atoms. The SMILES string of the molecule is Cc1nn2c(O)c(C(=O)NC3CC3)c(=O)n(CC(C)C)c2c1C=CC(=O)N1CCN(C2CC(F)(F)C2)CC1C. The van der Waals surface area contributed by atoms with Crippen molar-refractivity contribution < 1.29 is 23.5 Å². The largest absolute Gasteiger partial charge is 0.492 e. The van der Waals surface area contributed by atoms with Crippen molar-refractivity contribution in [1.29, 1.82) is 0 Å². The minimum absolute atomic E-state index is 0.00771. The Balaban J connectivity index is 1.42. The van der Waals surface area contributed by atoms with Gasteiger partial charge in [0.15, 0.2) is 5.56 Å². The number of carbonyl (C=O) groups excluding carboxylic acids is 2. The van der Waals surface area contributed by atoms with E-state index in [0.717, 1.165) is 12.8 Å². The van der Waals surface area contributed by atoms with Gasteiger partial charge in [-0.2, -0.15) is 9.61 Å². The zero-order chi connectivity index (χ0) is 28.2. The van der Waals surface area contributed by atoms with Crippen LogP contribution in [0.15, 0.2) is 10.9 Å². The van der Waals surface area contributed by atoms with E-state index in [2.05, 4.69) is 10.4 Å². The number of aromatic hydroxyl groups is 1. The van der Waals surface area contributed by atoms with Crippen molar-refractivity contribution in [2.75, 3.05) is 19.6 Å². The second kappa shape index (κ2) is 10.0. The number of alkyl halides is 2. The molecule has 1 atom stereocenters. The fraction of sp³-hybridized carbons (Fsp3) is 0.630. The topological polar surface area (TPSA) is 112 Å². The van der Waals surface area contributed by atoms with Crippen LogP contribution in [0.1, 0.15) is 68.1 Å². The molecule has 2 aromatic rings. The van der Waals surface area contributed by atoms with Crippen LogP contribution in [0.3, 0.4) is 0 Å². The summed E-state index contributed by atoms with van der Waals surface area (Å²) in [6.45, 7) is 9.27. The predicted molar refractivity (Wildman–Crippen MR) is 141 cm³/mol. The highest BCUT2D eigenvalue weighted by Gasteiger charge is 2.48. The molecule has 39 heavy (non-hydrogen) atoms. The number of aromatic nitrogens is 3. The number of nitrogens with zero attached hydrogens (tertiary/aromatic N) is 5. The van der Waals surface area contributed by atoms with Gasteiger partial charge in [0.25, 0.3) is 17.4 Å². The number of aryl methyl sites for hydroxylation is 1. The molecule has 2 aromatic heterocycles. The summed E-state index contributed by atoms with van der Waals surface area (Å²) >= 11 is 0. The molecule has 3 fully saturated rings. The summed E-state index contributed by atoms with van der Waals surface area (Å²) in [6.07, 6.45) is 4.42. The summed E-state index contributed by atoms with van der Waals surface area (Å²) in [6, 6.07) is -0.280. The number of fused-ring (bicyclic) bond motifs is 1. The maximum absolute atomic E-state index is 13.5. The monoisotopic (exact) mass is 546 g/mol. The van der Waals surface area contributed by atoms with E-state index in [0.29, 0.717) is 36.5 Å². The lowest BCUT2D eigenvalue weighted by Gasteiger charge is -2.48. The molecule has 5 rings (SSSR count). The van der Waals surface area contributed by atoms with E-state index in [9.17, 15) is 28.3 Å². The maximum Gasteiger partial charge on any atom is 0.270 e. The molecule has 10 nitrogen and oxygen atoms in total. The molecule has 1 saturated heterocycles. The average molecular weight is 547 g/mol. The predicted octanol–water partition coefficient (Wildman–Crippen LogP) is 2.40. The number of nitrogens with one attached hydrogen (secondary N) is 1. The van der Waals surface area contributed by atoms with E-state index in [-0.39, 0.29) is 54.9 Å². The molecule has 1 aliphatic heterocycles. The smallest absolute Gasteiger partial charge is 0.270 e. The van der Waals surface area contributed by atoms with Crippen molar-refractivity contribution in [2.45, 2.75) is 84.0 Å². The normalized spacial score (nSPS) is 22.1. The Kier molecular flexibility index (Phi) is 7.02. The van der Waals surface area contributed by atoms with Gasteiger partial charge in [0.2, 0.25) is 11.8 Å². The first-order valence-electron chi connectivity index (χ1n) is 13.6. The highest BCUT2D eigenvalue weighted by molar-refractivity contribution is 5.97. The van der Waals surface area contributed by atoms with Gasteiger partial charge in [-0.1, -0.05) is 13.8 Å². The third-order valence-electron chi connectivity index (χ3n) is 7.83. The lowest BCUT2D eigenvalue weighted by molar-refractivity contribution is -0.143. The van der Waals surface area contributed by atoms with E-state index < -0.39 is 23.3 Å². The van der Waals surface area contributed by atoms with Gasteiger partial charge in [-0.3, -0.25) is 23.9 Å². The van der Waals surface area contributed by atoms with Crippen LogP contribution >= 0.6 is 0 Å². The van der Waals surface area contributed by atoms with E-state index in [4.69, 9.17) is 0 Å². The molecule has 12 heteroatoms. The molecule has 212 valence electrons. The zero-order valence-electron chi connectivity index (χ0n) is 22.8. The van der Waals surface area contributed by atoms with Gasteiger partial charge in [0.1, 0.15) is 5.65 Å². The Morgan fingerprint density at radius 3 is 2.51 bits per heavy atom. The van der Waals surface area contributed by atoms with Gasteiger partial charge >= 0.3 is 0 Å². The van der Waals surface area contributed by atoms with Crippen molar-refractivity contribution in [2.24, 2.45) is 5.92 Å². The van der Waals surface area contributed by atoms with Crippen LogP contribution in [0.25, 0.3) is 11.7 Å². The molecule has 3 heterocycles. The van der Waals surface area contributed by atoms with Crippen LogP contribution in [0.5, 0.6) is 5.88 Å². The molecule has 2 amide bonds. The zero-order valence-corrected chi connectivity index (χ0v) is 22.8. The van der Waals surface area contributed by atoms with Gasteiger partial charge in [-0.25, -0.2) is 8.78 Å². The van der Waals surface area contributed by atoms with E-state index in [1.54, 1.807) is 17.9 Å². The number of rotatable bonds is 7. The number of amides is 2. The summed E-state index contributed by atoms with van der Waals surface area (Å²) in [4.78, 5) is 43.2. The van der Waals surface area contributed by atoms with Crippen molar-refractivity contribution in [3.05, 3.63) is 33.3 Å². The van der Waals surface area contributed by atoms with E-state index in [1.165, 1.54) is 15.2 Å². The highest BCUT2D eigenvalue weighted by atomic mass is 19.3. The Hall–Kier alpha value is -3.28. The Bertz CT molecular complexity index is 1390. The fourth-order valence-corrected chi connectivity index (χ4v) is 5.56. The van der Waals surface area contributed by atoms with Crippen LogP contribution in [0.2, 0.25) is 0 Å². The van der Waals surface area contributed by atoms with Crippen molar-refractivity contribution >= 4 is 23.5 Å². The fourth-order valence-electron chi connectivity index (χ4n) is 5.56. The molecule has 0 bridgehead atoms. The Morgan fingerprint density at radius 2 is 1.92 bits per heavy atom. The van der Waals surface area contributed by atoms with Crippen LogP contribution < -0.4 is 10.9 Å². The van der Waals surface area contributed by atoms with E-state index >= 15 is 0 Å². The molecule has 2 saturated carbocycles. The lowest BCUT2D eigenvalue weighted by atomic mass is 9.86. The van der Waals surface area contributed by atoms with Crippen LogP contribution in [-0.4, -0.2) is 84.6 Å². The Labute approximate surface area is 225 Å². The molecule has 2 N–H and O–H groups in total. The summed E-state index contributed by atoms with van der Waals surface area (Å²) in [5, 5.41) is 18.1. The third-order valence-corrected chi connectivity index (χ3v) is 7.83. The number of hydrogen-bond acceptors (Lipinski definition) is 6. The molecular weight excluding hydrogens is 510 g/mol. The summed E-state index contributed by atoms with van der Waals surface area (Å²) in [7, 11) is 0. The number of halogens is 2. The maximum atomic E-state index is 13.5. The average Bonchev–Trinajstić information content (AvgIpc) is 3.58. The quantitative estimate of drug-likeness (QED) is 0.516. The summed E-state index contributed by atoms with van der Waals surface area (Å²) in [5.74, 6) is -3.92. The van der Waals surface area contributed by atoms with Crippen LogP contribution in [-0.2, 0) is 11.3 Å². The molecule has 3 aliphatic rings. The Morgan fingerprint density at radius 1 is 1.23 bits per heavy atom. The van der Waals surface area contributed by atoms with Crippen LogP contribution in [0.4, 0.5) is 8.78 Å². The molecular formula is C27H36F2N6O4. The van der Waals surface area contributed by atoms with E-state index in [1.807, 2.05) is 25.7 Å².